The van der Waals surface area contributed by atoms with E-state index >= 15 is 0 Å². The highest BCUT2D eigenvalue weighted by atomic mass is 19.4. The Bertz CT molecular complexity index is 887. The monoisotopic (exact) mass is 444 g/mol. The summed E-state index contributed by atoms with van der Waals surface area (Å²) in [6, 6.07) is 2.18. The number of hydrogen-bond acceptors (Lipinski definition) is 2. The maximum Gasteiger partial charge on any atom is 0.573 e. The largest absolute Gasteiger partial charge is 0.573 e. The number of rotatable bonds is 5. The molecular weight excluding hydrogens is 415 g/mol. The predicted molar refractivity (Wildman–Crippen MR) is 108 cm³/mol. The van der Waals surface area contributed by atoms with Crippen LogP contribution in [0.25, 0.3) is 11.0 Å². The minimum atomic E-state index is -5.17. The first-order valence-corrected chi connectivity index (χ1v) is 11.4. The first kappa shape index (κ1) is 22.4. The average molecular weight is 444 g/mol. The molecule has 2 aliphatic carbocycles. The van der Waals surface area contributed by atoms with Gasteiger partial charge in [-0.3, -0.25) is 0 Å². The van der Waals surface area contributed by atoms with Gasteiger partial charge in [0.05, 0.1) is 5.39 Å². The Morgan fingerprint density at radius 1 is 0.935 bits per heavy atom. The van der Waals surface area contributed by atoms with Crippen molar-refractivity contribution in [2.75, 3.05) is 0 Å². The van der Waals surface area contributed by atoms with E-state index in [4.69, 9.17) is 4.42 Å². The van der Waals surface area contributed by atoms with Crippen LogP contribution in [0.3, 0.4) is 0 Å². The third-order valence-electron chi connectivity index (χ3n) is 7.34. The minimum absolute atomic E-state index is 0.0783. The number of halogens is 5. The minimum Gasteiger partial charge on any atom is -0.461 e. The molecule has 0 atom stereocenters. The highest BCUT2D eigenvalue weighted by Gasteiger charge is 2.36. The Hall–Kier alpha value is -1.79. The molecule has 0 spiro atoms. The van der Waals surface area contributed by atoms with Gasteiger partial charge in [-0.2, -0.15) is 0 Å². The lowest BCUT2D eigenvalue weighted by molar-refractivity contribution is -0.276. The van der Waals surface area contributed by atoms with Crippen LogP contribution in [0.2, 0.25) is 0 Å². The number of alkyl halides is 3. The molecule has 2 saturated carbocycles. The van der Waals surface area contributed by atoms with Crippen LogP contribution in [0.4, 0.5) is 22.0 Å². The molecule has 31 heavy (non-hydrogen) atoms. The third-order valence-corrected chi connectivity index (χ3v) is 7.34. The number of ether oxygens (including phenoxy) is 1. The molecule has 7 heteroatoms. The second kappa shape index (κ2) is 8.99. The molecule has 172 valence electrons. The Labute approximate surface area is 179 Å². The summed E-state index contributed by atoms with van der Waals surface area (Å²) in [5.74, 6) is -1.28. The van der Waals surface area contributed by atoms with E-state index in [2.05, 4.69) is 11.7 Å². The van der Waals surface area contributed by atoms with Crippen molar-refractivity contribution >= 4 is 11.0 Å². The summed E-state index contributed by atoms with van der Waals surface area (Å²) >= 11 is 0. The maximum atomic E-state index is 14.5. The molecule has 2 aromatic rings. The van der Waals surface area contributed by atoms with Crippen molar-refractivity contribution in [1.29, 1.82) is 0 Å². The lowest BCUT2D eigenvalue weighted by Gasteiger charge is -2.37. The average Bonchev–Trinajstić information content (AvgIpc) is 3.15. The van der Waals surface area contributed by atoms with Crippen LogP contribution in [0, 0.1) is 29.4 Å². The van der Waals surface area contributed by atoms with Crippen molar-refractivity contribution in [3.05, 3.63) is 29.5 Å². The highest BCUT2D eigenvalue weighted by molar-refractivity contribution is 5.81. The van der Waals surface area contributed by atoms with Gasteiger partial charge < -0.3 is 9.15 Å². The third kappa shape index (κ3) is 5.01. The Balaban J connectivity index is 1.42. The maximum absolute atomic E-state index is 14.5. The Morgan fingerprint density at radius 3 is 2.13 bits per heavy atom. The first-order chi connectivity index (χ1) is 14.7. The molecule has 4 rings (SSSR count). The van der Waals surface area contributed by atoms with E-state index in [0.717, 1.165) is 43.6 Å². The van der Waals surface area contributed by atoms with Gasteiger partial charge in [-0.1, -0.05) is 32.6 Å². The molecule has 1 aromatic heterocycles. The quantitative estimate of drug-likeness (QED) is 0.432. The molecule has 1 aromatic carbocycles. The molecule has 0 saturated heterocycles. The van der Waals surface area contributed by atoms with Crippen LogP contribution in [-0.4, -0.2) is 6.36 Å². The summed E-state index contributed by atoms with van der Waals surface area (Å²) in [5, 5.41) is -0.174. The van der Waals surface area contributed by atoms with Gasteiger partial charge in [0.25, 0.3) is 0 Å². The van der Waals surface area contributed by atoms with E-state index in [0.29, 0.717) is 11.7 Å². The van der Waals surface area contributed by atoms with Crippen LogP contribution >= 0.6 is 0 Å². The van der Waals surface area contributed by atoms with Gasteiger partial charge in [0.15, 0.2) is 11.6 Å². The molecule has 0 unspecified atom stereocenters. The molecule has 2 fully saturated rings. The van der Waals surface area contributed by atoms with Gasteiger partial charge in [0.1, 0.15) is 11.3 Å². The predicted octanol–water partition coefficient (Wildman–Crippen LogP) is 8.49. The van der Waals surface area contributed by atoms with Crippen molar-refractivity contribution in [1.82, 2.24) is 0 Å². The fourth-order valence-corrected chi connectivity index (χ4v) is 5.75. The highest BCUT2D eigenvalue weighted by Crippen LogP contribution is 2.46. The van der Waals surface area contributed by atoms with Crippen molar-refractivity contribution in [3.63, 3.8) is 0 Å². The van der Waals surface area contributed by atoms with Crippen molar-refractivity contribution in [3.8, 4) is 5.75 Å². The second-order valence-corrected chi connectivity index (χ2v) is 9.29. The molecule has 0 radical (unpaired) electrons. The van der Waals surface area contributed by atoms with Crippen LogP contribution in [0.5, 0.6) is 5.75 Å². The number of benzene rings is 1. The topological polar surface area (TPSA) is 22.4 Å². The molecule has 2 nitrogen and oxygen atoms in total. The van der Waals surface area contributed by atoms with E-state index in [1.807, 2.05) is 0 Å². The fourth-order valence-electron chi connectivity index (χ4n) is 5.75. The molecule has 0 aliphatic heterocycles. The van der Waals surface area contributed by atoms with Crippen molar-refractivity contribution < 1.29 is 31.1 Å². The summed E-state index contributed by atoms with van der Waals surface area (Å²) in [5.41, 5.74) is -0.0871. The molecule has 0 bridgehead atoms. The number of fused-ring (bicyclic) bond motifs is 1. The second-order valence-electron chi connectivity index (χ2n) is 9.29. The smallest absolute Gasteiger partial charge is 0.461 e. The van der Waals surface area contributed by atoms with Crippen LogP contribution in [-0.2, 0) is 0 Å². The lowest BCUT2D eigenvalue weighted by Crippen LogP contribution is -2.25. The van der Waals surface area contributed by atoms with Gasteiger partial charge >= 0.3 is 6.36 Å². The molecule has 2 aliphatic rings. The Kier molecular flexibility index (Phi) is 6.50. The zero-order valence-electron chi connectivity index (χ0n) is 17.7. The van der Waals surface area contributed by atoms with Gasteiger partial charge in [-0.25, -0.2) is 8.78 Å². The van der Waals surface area contributed by atoms with Crippen LogP contribution < -0.4 is 4.74 Å². The van der Waals surface area contributed by atoms with E-state index < -0.39 is 23.7 Å². The lowest BCUT2D eigenvalue weighted by atomic mass is 9.68. The van der Waals surface area contributed by atoms with Crippen molar-refractivity contribution in [2.24, 2.45) is 17.8 Å². The van der Waals surface area contributed by atoms with Gasteiger partial charge in [-0.05, 0) is 62.3 Å². The van der Waals surface area contributed by atoms with Gasteiger partial charge in [0.2, 0.25) is 5.75 Å². The van der Waals surface area contributed by atoms with Gasteiger partial charge in [0, 0.05) is 12.0 Å². The standard InChI is InChI=1S/C24H29F5O2/c1-2-3-14-4-6-15(7-5-14)16-8-10-17(11-9-16)20-12-18-21(30-20)13-19(25)23(22(18)26)31-24(27,28)29/h12-17H,2-11H2,1H3. The SMILES string of the molecule is CCCC1CCC(C2CCC(c3cc4c(F)c(OC(F)(F)F)c(F)cc4o3)CC2)CC1. The Morgan fingerprint density at radius 2 is 1.55 bits per heavy atom. The van der Waals surface area contributed by atoms with Crippen molar-refractivity contribution in [2.45, 2.75) is 83.4 Å². The first-order valence-electron chi connectivity index (χ1n) is 11.4. The normalized spacial score (nSPS) is 27.5. The van der Waals surface area contributed by atoms with E-state index in [-0.39, 0.29) is 16.9 Å². The molecule has 1 heterocycles. The summed E-state index contributed by atoms with van der Waals surface area (Å²) < 4.78 is 75.1. The summed E-state index contributed by atoms with van der Waals surface area (Å²) in [7, 11) is 0. The zero-order valence-corrected chi connectivity index (χ0v) is 17.7. The summed E-state index contributed by atoms with van der Waals surface area (Å²) in [4.78, 5) is 0. The van der Waals surface area contributed by atoms with Gasteiger partial charge in [-0.15, -0.1) is 13.2 Å². The van der Waals surface area contributed by atoms with E-state index in [1.165, 1.54) is 44.6 Å². The zero-order chi connectivity index (χ0) is 22.2. The van der Waals surface area contributed by atoms with E-state index in [1.54, 1.807) is 0 Å². The molecule has 0 N–H and O–H groups in total. The fraction of sp³-hybridized carbons (Fsp3) is 0.667. The van der Waals surface area contributed by atoms with Crippen LogP contribution in [0.15, 0.2) is 16.5 Å². The van der Waals surface area contributed by atoms with Crippen LogP contribution in [0.1, 0.15) is 82.8 Å². The molecular formula is C24H29F5O2. The molecule has 0 amide bonds. The number of furan rings is 1. The number of hydrogen-bond donors (Lipinski definition) is 0. The van der Waals surface area contributed by atoms with E-state index in [9.17, 15) is 22.0 Å². The summed E-state index contributed by atoms with van der Waals surface area (Å²) in [6.45, 7) is 2.25. The summed E-state index contributed by atoms with van der Waals surface area (Å²) in [6.07, 6.45) is 6.62.